The SMILES string of the molecule is COCCNC(=O)c1sc(NC(C)C)nc1N. The molecule has 0 bridgehead atoms. The van der Waals surface area contributed by atoms with Gasteiger partial charge in [-0.05, 0) is 13.8 Å². The van der Waals surface area contributed by atoms with Crippen molar-refractivity contribution in [2.24, 2.45) is 0 Å². The molecule has 0 radical (unpaired) electrons. The van der Waals surface area contributed by atoms with Gasteiger partial charge in [-0.25, -0.2) is 4.98 Å². The van der Waals surface area contributed by atoms with Crippen LogP contribution in [0.4, 0.5) is 10.9 Å². The van der Waals surface area contributed by atoms with Crippen LogP contribution in [-0.4, -0.2) is 37.2 Å². The van der Waals surface area contributed by atoms with E-state index >= 15 is 0 Å². The Morgan fingerprint density at radius 1 is 1.59 bits per heavy atom. The standard InChI is InChI=1S/C10H18N4O2S/c1-6(2)13-10-14-8(11)7(17-10)9(15)12-4-5-16-3/h6H,4-5,11H2,1-3H3,(H,12,15)(H,13,14). The number of rotatable bonds is 6. The number of aromatic nitrogens is 1. The molecular formula is C10H18N4O2S. The summed E-state index contributed by atoms with van der Waals surface area (Å²) < 4.78 is 4.85. The van der Waals surface area contributed by atoms with Crippen LogP contribution < -0.4 is 16.4 Å². The lowest BCUT2D eigenvalue weighted by Gasteiger charge is -2.04. The second kappa shape index (κ2) is 6.41. The molecule has 0 saturated heterocycles. The van der Waals surface area contributed by atoms with Gasteiger partial charge in [-0.1, -0.05) is 11.3 Å². The van der Waals surface area contributed by atoms with Crippen LogP contribution in [0, 0.1) is 0 Å². The Morgan fingerprint density at radius 2 is 2.29 bits per heavy atom. The number of carbonyl (C=O) groups excluding carboxylic acids is 1. The third kappa shape index (κ3) is 4.20. The van der Waals surface area contributed by atoms with E-state index in [2.05, 4.69) is 15.6 Å². The average molecular weight is 258 g/mol. The van der Waals surface area contributed by atoms with Crippen LogP contribution in [0.5, 0.6) is 0 Å². The number of hydrogen-bond donors (Lipinski definition) is 3. The number of nitrogens with two attached hydrogens (primary N) is 1. The molecule has 1 aromatic heterocycles. The van der Waals surface area contributed by atoms with Gasteiger partial charge in [0, 0.05) is 19.7 Å². The van der Waals surface area contributed by atoms with Crippen molar-refractivity contribution in [1.29, 1.82) is 0 Å². The summed E-state index contributed by atoms with van der Waals surface area (Å²) in [5.74, 6) is 0.0434. The van der Waals surface area contributed by atoms with Crippen LogP contribution in [0.2, 0.25) is 0 Å². The monoisotopic (exact) mass is 258 g/mol. The van der Waals surface area contributed by atoms with Gasteiger partial charge in [-0.3, -0.25) is 4.79 Å². The highest BCUT2D eigenvalue weighted by atomic mass is 32.1. The van der Waals surface area contributed by atoms with Crippen molar-refractivity contribution < 1.29 is 9.53 Å². The molecule has 0 aliphatic heterocycles. The van der Waals surface area contributed by atoms with Crippen LogP contribution in [0.25, 0.3) is 0 Å². The van der Waals surface area contributed by atoms with E-state index < -0.39 is 0 Å². The van der Waals surface area contributed by atoms with E-state index in [1.165, 1.54) is 11.3 Å². The second-order valence-corrected chi connectivity index (χ2v) is 4.78. The molecule has 1 amide bonds. The van der Waals surface area contributed by atoms with Crippen molar-refractivity contribution in [3.05, 3.63) is 4.88 Å². The summed E-state index contributed by atoms with van der Waals surface area (Å²) in [7, 11) is 1.58. The Kier molecular flexibility index (Phi) is 5.17. The minimum Gasteiger partial charge on any atom is -0.383 e. The van der Waals surface area contributed by atoms with Crippen molar-refractivity contribution in [1.82, 2.24) is 10.3 Å². The number of hydrogen-bond acceptors (Lipinski definition) is 6. The number of anilines is 2. The number of nitrogen functional groups attached to an aromatic ring is 1. The molecule has 0 spiro atoms. The maximum absolute atomic E-state index is 11.7. The zero-order chi connectivity index (χ0) is 12.8. The summed E-state index contributed by atoms with van der Waals surface area (Å²) in [6, 6.07) is 0.255. The first-order valence-corrected chi connectivity index (χ1v) is 6.16. The summed E-state index contributed by atoms with van der Waals surface area (Å²) in [6.07, 6.45) is 0. The quantitative estimate of drug-likeness (QED) is 0.660. The first-order valence-electron chi connectivity index (χ1n) is 5.34. The molecule has 17 heavy (non-hydrogen) atoms. The molecule has 96 valence electrons. The first-order chi connectivity index (χ1) is 8.04. The zero-order valence-electron chi connectivity index (χ0n) is 10.2. The lowest BCUT2D eigenvalue weighted by Crippen LogP contribution is -2.26. The summed E-state index contributed by atoms with van der Waals surface area (Å²) >= 11 is 1.25. The molecule has 0 saturated carbocycles. The second-order valence-electron chi connectivity index (χ2n) is 3.78. The maximum Gasteiger partial charge on any atom is 0.265 e. The molecule has 0 unspecified atom stereocenters. The average Bonchev–Trinajstić information content (AvgIpc) is 2.58. The predicted octanol–water partition coefficient (Wildman–Crippen LogP) is 0.922. The van der Waals surface area contributed by atoms with Gasteiger partial charge >= 0.3 is 0 Å². The molecule has 0 aliphatic rings. The minimum absolute atomic E-state index is 0.214. The number of amides is 1. The number of nitrogens with one attached hydrogen (secondary N) is 2. The van der Waals surface area contributed by atoms with Crippen LogP contribution in [-0.2, 0) is 4.74 Å². The Morgan fingerprint density at radius 3 is 2.88 bits per heavy atom. The maximum atomic E-state index is 11.7. The Labute approximate surface area is 105 Å². The van der Waals surface area contributed by atoms with E-state index in [0.717, 1.165) is 0 Å². The highest BCUT2D eigenvalue weighted by molar-refractivity contribution is 7.18. The minimum atomic E-state index is -0.214. The topological polar surface area (TPSA) is 89.3 Å². The van der Waals surface area contributed by atoms with Gasteiger partial charge in [0.1, 0.15) is 10.7 Å². The van der Waals surface area contributed by atoms with Crippen LogP contribution in [0.3, 0.4) is 0 Å². The number of ether oxygens (including phenoxy) is 1. The molecular weight excluding hydrogens is 240 g/mol. The summed E-state index contributed by atoms with van der Waals surface area (Å²) in [5.41, 5.74) is 5.69. The van der Waals surface area contributed by atoms with Crippen molar-refractivity contribution in [2.45, 2.75) is 19.9 Å². The molecule has 0 aromatic carbocycles. The lowest BCUT2D eigenvalue weighted by atomic mass is 10.4. The van der Waals surface area contributed by atoms with E-state index in [9.17, 15) is 4.79 Å². The normalized spacial score (nSPS) is 10.6. The number of methoxy groups -OCH3 is 1. The first kappa shape index (κ1) is 13.7. The van der Waals surface area contributed by atoms with Gasteiger partial charge in [0.15, 0.2) is 5.13 Å². The molecule has 6 nitrogen and oxygen atoms in total. The van der Waals surface area contributed by atoms with E-state index in [-0.39, 0.29) is 17.8 Å². The number of carbonyl (C=O) groups is 1. The predicted molar refractivity (Wildman–Crippen MR) is 69.5 cm³/mol. The van der Waals surface area contributed by atoms with E-state index in [4.69, 9.17) is 10.5 Å². The van der Waals surface area contributed by atoms with Crippen LogP contribution in [0.15, 0.2) is 0 Å². The molecule has 0 atom stereocenters. The fourth-order valence-electron chi connectivity index (χ4n) is 1.15. The van der Waals surface area contributed by atoms with Gasteiger partial charge in [0.05, 0.1) is 6.61 Å². The summed E-state index contributed by atoms with van der Waals surface area (Å²) in [4.78, 5) is 16.3. The Bertz CT molecular complexity index is 378. The zero-order valence-corrected chi connectivity index (χ0v) is 11.1. The van der Waals surface area contributed by atoms with E-state index in [1.54, 1.807) is 7.11 Å². The van der Waals surface area contributed by atoms with Crippen molar-refractivity contribution >= 4 is 28.2 Å². The molecule has 7 heteroatoms. The molecule has 1 rings (SSSR count). The molecule has 0 fully saturated rings. The van der Waals surface area contributed by atoms with Crippen LogP contribution in [0.1, 0.15) is 23.5 Å². The van der Waals surface area contributed by atoms with E-state index in [1.807, 2.05) is 13.8 Å². The Balaban J connectivity index is 2.63. The van der Waals surface area contributed by atoms with Gasteiger partial charge in [0.2, 0.25) is 0 Å². The van der Waals surface area contributed by atoms with Gasteiger partial charge < -0.3 is 21.1 Å². The number of nitrogens with zero attached hydrogens (tertiary/aromatic N) is 1. The van der Waals surface area contributed by atoms with E-state index in [0.29, 0.717) is 23.2 Å². The van der Waals surface area contributed by atoms with Crippen molar-refractivity contribution in [2.75, 3.05) is 31.3 Å². The van der Waals surface area contributed by atoms with Crippen LogP contribution >= 0.6 is 11.3 Å². The van der Waals surface area contributed by atoms with Gasteiger partial charge in [-0.2, -0.15) is 0 Å². The van der Waals surface area contributed by atoms with Crippen molar-refractivity contribution in [3.8, 4) is 0 Å². The third-order valence-electron chi connectivity index (χ3n) is 1.86. The highest BCUT2D eigenvalue weighted by Gasteiger charge is 2.15. The fourth-order valence-corrected chi connectivity index (χ4v) is 2.10. The lowest BCUT2D eigenvalue weighted by molar-refractivity contribution is 0.0942. The smallest absolute Gasteiger partial charge is 0.265 e. The third-order valence-corrected chi connectivity index (χ3v) is 2.86. The molecule has 0 aliphatic carbocycles. The van der Waals surface area contributed by atoms with Gasteiger partial charge in [-0.15, -0.1) is 0 Å². The fraction of sp³-hybridized carbons (Fsp3) is 0.600. The molecule has 1 heterocycles. The molecule has 4 N–H and O–H groups in total. The largest absolute Gasteiger partial charge is 0.383 e. The Hall–Kier alpha value is -1.34. The van der Waals surface area contributed by atoms with Gasteiger partial charge in [0.25, 0.3) is 5.91 Å². The summed E-state index contributed by atoms with van der Waals surface area (Å²) in [6.45, 7) is 4.92. The molecule has 1 aromatic rings. The van der Waals surface area contributed by atoms with Crippen molar-refractivity contribution in [3.63, 3.8) is 0 Å². The highest BCUT2D eigenvalue weighted by Crippen LogP contribution is 2.25. The number of thiazole rings is 1. The summed E-state index contributed by atoms with van der Waals surface area (Å²) in [5, 5.41) is 6.48.